The Morgan fingerprint density at radius 1 is 1.10 bits per heavy atom. The maximum Gasteiger partial charge on any atom is 0.262 e. The number of anilines is 1. The van der Waals surface area contributed by atoms with Gasteiger partial charge in [0.15, 0.2) is 11.5 Å². The number of carbonyl (C=O) groups is 2. The number of rotatable bonds is 6. The first-order chi connectivity index (χ1) is 14.1. The van der Waals surface area contributed by atoms with Crippen LogP contribution in [-0.2, 0) is 11.2 Å². The van der Waals surface area contributed by atoms with Crippen LogP contribution in [0.4, 0.5) is 5.69 Å². The van der Waals surface area contributed by atoms with Gasteiger partial charge in [-0.3, -0.25) is 9.59 Å². The number of amides is 2. The van der Waals surface area contributed by atoms with E-state index in [0.29, 0.717) is 34.0 Å². The van der Waals surface area contributed by atoms with Crippen molar-refractivity contribution < 1.29 is 14.0 Å². The summed E-state index contributed by atoms with van der Waals surface area (Å²) in [4.78, 5) is 30.4. The summed E-state index contributed by atoms with van der Waals surface area (Å²) in [6.45, 7) is 1.77. The fourth-order valence-corrected chi connectivity index (χ4v) is 3.67. The van der Waals surface area contributed by atoms with Crippen LogP contribution in [-0.4, -0.2) is 22.8 Å². The molecule has 4 aromatic rings. The lowest BCUT2D eigenvalue weighted by Crippen LogP contribution is -2.45. The average Bonchev–Trinajstić information content (AvgIpc) is 3.37. The molecule has 2 aromatic heterocycles. The highest BCUT2D eigenvalue weighted by atomic mass is 32.1. The molecule has 1 atom stereocenters. The van der Waals surface area contributed by atoms with E-state index < -0.39 is 6.04 Å². The third kappa shape index (κ3) is 4.52. The first-order valence-electron chi connectivity index (χ1n) is 9.15. The maximum absolute atomic E-state index is 13.0. The Morgan fingerprint density at radius 3 is 2.69 bits per heavy atom. The van der Waals surface area contributed by atoms with Crippen LogP contribution < -0.4 is 10.6 Å². The van der Waals surface area contributed by atoms with Gasteiger partial charge >= 0.3 is 0 Å². The number of carbonyl (C=O) groups excluding carboxylic acids is 2. The van der Waals surface area contributed by atoms with Crippen LogP contribution in [0.25, 0.3) is 11.1 Å². The Morgan fingerprint density at radius 2 is 1.93 bits per heavy atom. The number of aryl methyl sites for hydroxylation is 1. The van der Waals surface area contributed by atoms with E-state index >= 15 is 0 Å². The molecule has 2 aromatic carbocycles. The number of fused-ring (bicyclic) bond motifs is 1. The lowest BCUT2D eigenvalue weighted by atomic mass is 10.0. The quantitative estimate of drug-likeness (QED) is 0.504. The molecule has 0 saturated carbocycles. The molecule has 29 heavy (non-hydrogen) atoms. The van der Waals surface area contributed by atoms with Crippen molar-refractivity contribution in [1.29, 1.82) is 0 Å². The molecule has 0 aliphatic heterocycles. The summed E-state index contributed by atoms with van der Waals surface area (Å²) < 4.78 is 5.47. The van der Waals surface area contributed by atoms with Crippen LogP contribution in [0, 0.1) is 6.92 Å². The molecule has 0 fully saturated rings. The summed E-state index contributed by atoms with van der Waals surface area (Å²) in [6, 6.07) is 17.7. The Kier molecular flexibility index (Phi) is 5.39. The summed E-state index contributed by atoms with van der Waals surface area (Å²) >= 11 is 1.34. The number of hydrogen-bond acceptors (Lipinski definition) is 5. The average molecular weight is 405 g/mol. The van der Waals surface area contributed by atoms with Crippen molar-refractivity contribution >= 4 is 39.9 Å². The van der Waals surface area contributed by atoms with Gasteiger partial charge in [-0.2, -0.15) is 0 Å². The lowest BCUT2D eigenvalue weighted by molar-refractivity contribution is -0.118. The van der Waals surface area contributed by atoms with Gasteiger partial charge in [-0.1, -0.05) is 36.4 Å². The number of thiophene rings is 1. The van der Waals surface area contributed by atoms with E-state index in [-0.39, 0.29) is 11.8 Å². The van der Waals surface area contributed by atoms with Gasteiger partial charge in [0.25, 0.3) is 5.91 Å². The molecule has 0 radical (unpaired) electrons. The van der Waals surface area contributed by atoms with Crippen molar-refractivity contribution in [1.82, 2.24) is 10.3 Å². The second-order valence-electron chi connectivity index (χ2n) is 6.60. The second-order valence-corrected chi connectivity index (χ2v) is 7.55. The lowest BCUT2D eigenvalue weighted by Gasteiger charge is -2.18. The fraction of sp³-hybridized carbons (Fsp3) is 0.136. The number of benzene rings is 2. The standard InChI is InChI=1S/C22H19N3O3S/c1-14-23-17-13-16(9-10-19(17)28-14)24-21(26)18(12-15-6-3-2-4-7-15)25-22(27)20-8-5-11-29-20/h2-11,13,18H,12H2,1H3,(H,24,26)(H,25,27). The second kappa shape index (κ2) is 8.28. The smallest absolute Gasteiger partial charge is 0.262 e. The van der Waals surface area contributed by atoms with E-state index in [2.05, 4.69) is 15.6 Å². The van der Waals surface area contributed by atoms with E-state index in [0.717, 1.165) is 5.56 Å². The topological polar surface area (TPSA) is 84.2 Å². The van der Waals surface area contributed by atoms with Gasteiger partial charge in [-0.15, -0.1) is 11.3 Å². The molecule has 0 aliphatic carbocycles. The summed E-state index contributed by atoms with van der Waals surface area (Å²) in [5.74, 6) is 0.00521. The van der Waals surface area contributed by atoms with E-state index in [4.69, 9.17) is 4.42 Å². The van der Waals surface area contributed by atoms with Crippen LogP contribution in [0.15, 0.2) is 70.5 Å². The number of oxazole rings is 1. The molecule has 0 bridgehead atoms. The highest BCUT2D eigenvalue weighted by Crippen LogP contribution is 2.20. The van der Waals surface area contributed by atoms with Crippen LogP contribution >= 0.6 is 11.3 Å². The first kappa shape index (κ1) is 18.9. The molecule has 0 aliphatic rings. The van der Waals surface area contributed by atoms with Crippen LogP contribution in [0.3, 0.4) is 0 Å². The largest absolute Gasteiger partial charge is 0.441 e. The van der Waals surface area contributed by atoms with Gasteiger partial charge in [0.1, 0.15) is 11.6 Å². The van der Waals surface area contributed by atoms with Crippen molar-refractivity contribution in [3.8, 4) is 0 Å². The van der Waals surface area contributed by atoms with E-state index in [9.17, 15) is 9.59 Å². The molecule has 0 saturated heterocycles. The van der Waals surface area contributed by atoms with Crippen molar-refractivity contribution in [2.45, 2.75) is 19.4 Å². The maximum atomic E-state index is 13.0. The minimum absolute atomic E-state index is 0.265. The van der Waals surface area contributed by atoms with Crippen molar-refractivity contribution in [3.63, 3.8) is 0 Å². The van der Waals surface area contributed by atoms with Crippen LogP contribution in [0.5, 0.6) is 0 Å². The fourth-order valence-electron chi connectivity index (χ4n) is 3.05. The molecule has 7 heteroatoms. The molecule has 1 unspecified atom stereocenters. The molecule has 2 heterocycles. The minimum Gasteiger partial charge on any atom is -0.441 e. The minimum atomic E-state index is -0.721. The summed E-state index contributed by atoms with van der Waals surface area (Å²) in [5.41, 5.74) is 2.89. The summed E-state index contributed by atoms with van der Waals surface area (Å²) in [7, 11) is 0. The number of nitrogens with zero attached hydrogens (tertiary/aromatic N) is 1. The SMILES string of the molecule is Cc1nc2cc(NC(=O)C(Cc3ccccc3)NC(=O)c3cccs3)ccc2o1. The van der Waals surface area contributed by atoms with Gasteiger partial charge in [0.2, 0.25) is 5.91 Å². The van der Waals surface area contributed by atoms with E-state index in [1.807, 2.05) is 35.7 Å². The first-order valence-corrected chi connectivity index (χ1v) is 10.0. The van der Waals surface area contributed by atoms with Crippen molar-refractivity contribution in [3.05, 3.63) is 82.4 Å². The third-order valence-electron chi connectivity index (χ3n) is 4.41. The zero-order valence-corrected chi connectivity index (χ0v) is 16.5. The number of hydrogen-bond donors (Lipinski definition) is 2. The third-order valence-corrected chi connectivity index (χ3v) is 5.28. The molecular weight excluding hydrogens is 386 g/mol. The zero-order chi connectivity index (χ0) is 20.2. The molecule has 146 valence electrons. The molecule has 4 rings (SSSR count). The van der Waals surface area contributed by atoms with Gasteiger partial charge in [-0.05, 0) is 35.2 Å². The van der Waals surface area contributed by atoms with Gasteiger partial charge < -0.3 is 15.1 Å². The van der Waals surface area contributed by atoms with E-state index in [1.54, 1.807) is 37.3 Å². The number of nitrogens with one attached hydrogen (secondary N) is 2. The summed E-state index contributed by atoms with van der Waals surface area (Å²) in [5, 5.41) is 7.57. The van der Waals surface area contributed by atoms with Gasteiger partial charge in [-0.25, -0.2) is 4.98 Å². The molecule has 2 N–H and O–H groups in total. The van der Waals surface area contributed by atoms with E-state index in [1.165, 1.54) is 11.3 Å². The predicted octanol–water partition coefficient (Wildman–Crippen LogP) is 4.18. The summed E-state index contributed by atoms with van der Waals surface area (Å²) in [6.07, 6.45) is 0.384. The van der Waals surface area contributed by atoms with Crippen LogP contribution in [0.1, 0.15) is 21.1 Å². The monoisotopic (exact) mass is 405 g/mol. The highest BCUT2D eigenvalue weighted by Gasteiger charge is 2.23. The Bertz CT molecular complexity index is 1140. The van der Waals surface area contributed by atoms with Crippen molar-refractivity contribution in [2.75, 3.05) is 5.32 Å². The highest BCUT2D eigenvalue weighted by molar-refractivity contribution is 7.12. The Hall–Kier alpha value is -3.45. The normalized spacial score (nSPS) is 11.9. The molecular formula is C22H19N3O3S. The molecule has 0 spiro atoms. The number of aromatic nitrogens is 1. The zero-order valence-electron chi connectivity index (χ0n) is 15.7. The van der Waals surface area contributed by atoms with Gasteiger partial charge in [0, 0.05) is 19.0 Å². The molecule has 6 nitrogen and oxygen atoms in total. The van der Waals surface area contributed by atoms with Crippen molar-refractivity contribution in [2.24, 2.45) is 0 Å². The predicted molar refractivity (Wildman–Crippen MR) is 113 cm³/mol. The molecule has 2 amide bonds. The Labute approximate surface area is 171 Å². The Balaban J connectivity index is 1.54. The van der Waals surface area contributed by atoms with Gasteiger partial charge in [0.05, 0.1) is 4.88 Å². The van der Waals surface area contributed by atoms with Crippen LogP contribution in [0.2, 0.25) is 0 Å².